The zero-order valence-corrected chi connectivity index (χ0v) is 23.0. The number of hydrogen-bond donors (Lipinski definition) is 4. The number of aromatic nitrogens is 1. The van der Waals surface area contributed by atoms with Gasteiger partial charge in [-0.25, -0.2) is 4.39 Å². The second-order valence-electron chi connectivity index (χ2n) is 10.4. The summed E-state index contributed by atoms with van der Waals surface area (Å²) < 4.78 is 19.0. The van der Waals surface area contributed by atoms with Crippen molar-refractivity contribution < 1.29 is 23.5 Å². The Balaban J connectivity index is 1.53. The fraction of sp³-hybridized carbons (Fsp3) is 0.414. The number of halogens is 2. The summed E-state index contributed by atoms with van der Waals surface area (Å²) in [6.45, 7) is 4.53. The minimum absolute atomic E-state index is 0.0549. The largest absolute Gasteiger partial charge is 0.496 e. The first-order chi connectivity index (χ1) is 18.6. The molecule has 4 N–H and O–H groups in total. The van der Waals surface area contributed by atoms with Crippen LogP contribution in [-0.2, 0) is 16.0 Å². The van der Waals surface area contributed by atoms with E-state index in [0.717, 1.165) is 10.9 Å². The summed E-state index contributed by atoms with van der Waals surface area (Å²) in [5, 5.41) is 9.77. The number of rotatable bonds is 11. The molecule has 1 fully saturated rings. The van der Waals surface area contributed by atoms with E-state index in [4.69, 9.17) is 16.3 Å². The van der Waals surface area contributed by atoms with Gasteiger partial charge in [-0.15, -0.1) is 0 Å². The molecule has 3 amide bonds. The van der Waals surface area contributed by atoms with Crippen molar-refractivity contribution in [1.29, 1.82) is 0 Å². The van der Waals surface area contributed by atoms with Gasteiger partial charge in [-0.2, -0.15) is 0 Å². The lowest BCUT2D eigenvalue weighted by molar-refractivity contribution is -0.126. The summed E-state index contributed by atoms with van der Waals surface area (Å²) in [6.07, 6.45) is 1.79. The van der Waals surface area contributed by atoms with Crippen molar-refractivity contribution in [1.82, 2.24) is 20.9 Å². The number of benzene rings is 2. The average Bonchev–Trinajstić information content (AvgIpc) is 3.51. The van der Waals surface area contributed by atoms with E-state index < -0.39 is 23.8 Å². The van der Waals surface area contributed by atoms with Gasteiger partial charge in [0.15, 0.2) is 0 Å². The summed E-state index contributed by atoms with van der Waals surface area (Å²) in [7, 11) is 1.56. The normalized spacial score (nSPS) is 16.7. The van der Waals surface area contributed by atoms with E-state index >= 15 is 0 Å². The number of carbonyl (C=O) groups is 3. The standard InChI is InChI=1S/C29H34ClFN4O4/c1-16(2)11-24(35-29(38)25-15-21-23(34-25)5-4-6-26(21)39-3)28(37)33-20(13-18-9-10-32-27(18)36)12-17-7-8-19(31)14-22(17)30/h4-8,14-16,18,20,24,34H,9-13H2,1-3H3,(H,32,36)(H,33,37)(H,35,38)/t18-,20+,24-/m0/s1. The Morgan fingerprint density at radius 2 is 1.97 bits per heavy atom. The van der Waals surface area contributed by atoms with Gasteiger partial charge in [-0.3, -0.25) is 14.4 Å². The molecule has 0 spiro atoms. The molecule has 0 radical (unpaired) electrons. The molecule has 0 aliphatic carbocycles. The van der Waals surface area contributed by atoms with Crippen LogP contribution in [0, 0.1) is 17.7 Å². The molecule has 1 aliphatic heterocycles. The maximum absolute atomic E-state index is 13.6. The number of amides is 3. The molecule has 2 aromatic carbocycles. The Labute approximate surface area is 232 Å². The molecule has 0 bridgehead atoms. The second-order valence-corrected chi connectivity index (χ2v) is 10.8. The number of methoxy groups -OCH3 is 1. The lowest BCUT2D eigenvalue weighted by Gasteiger charge is -2.26. The fourth-order valence-corrected chi connectivity index (χ4v) is 5.27. The van der Waals surface area contributed by atoms with Crippen molar-refractivity contribution in [3.63, 3.8) is 0 Å². The highest BCUT2D eigenvalue weighted by Crippen LogP contribution is 2.26. The van der Waals surface area contributed by atoms with Gasteiger partial charge in [0.25, 0.3) is 5.91 Å². The number of ether oxygens (including phenoxy) is 1. The first-order valence-corrected chi connectivity index (χ1v) is 13.5. The van der Waals surface area contributed by atoms with Gasteiger partial charge in [-0.05, 0) is 67.5 Å². The molecule has 1 aromatic heterocycles. The highest BCUT2D eigenvalue weighted by molar-refractivity contribution is 6.31. The lowest BCUT2D eigenvalue weighted by atomic mass is 9.93. The molecular formula is C29H34ClFN4O4. The first-order valence-electron chi connectivity index (χ1n) is 13.1. The minimum atomic E-state index is -0.811. The van der Waals surface area contributed by atoms with E-state index in [9.17, 15) is 18.8 Å². The summed E-state index contributed by atoms with van der Waals surface area (Å²) in [6, 6.07) is 10.1. The lowest BCUT2D eigenvalue weighted by Crippen LogP contribution is -2.51. The minimum Gasteiger partial charge on any atom is -0.496 e. The van der Waals surface area contributed by atoms with Crippen LogP contribution in [0.3, 0.4) is 0 Å². The van der Waals surface area contributed by atoms with Crippen LogP contribution < -0.4 is 20.7 Å². The van der Waals surface area contributed by atoms with Crippen LogP contribution in [-0.4, -0.2) is 48.4 Å². The molecule has 0 saturated carbocycles. The molecule has 0 unspecified atom stereocenters. The SMILES string of the molecule is COc1cccc2[nH]c(C(=O)N[C@@H](CC(C)C)C(=O)N[C@H](Cc3ccc(F)cc3Cl)C[C@@H]3CCNC3=O)cc12. The number of fused-ring (bicyclic) bond motifs is 1. The maximum Gasteiger partial charge on any atom is 0.268 e. The second kappa shape index (κ2) is 12.5. The van der Waals surface area contributed by atoms with Crippen LogP contribution in [0.25, 0.3) is 10.9 Å². The predicted molar refractivity (Wildman–Crippen MR) is 148 cm³/mol. The third-order valence-electron chi connectivity index (χ3n) is 6.98. The monoisotopic (exact) mass is 556 g/mol. The summed E-state index contributed by atoms with van der Waals surface area (Å²) in [5.41, 5.74) is 1.72. The summed E-state index contributed by atoms with van der Waals surface area (Å²) in [4.78, 5) is 42.2. The Kier molecular flexibility index (Phi) is 9.12. The predicted octanol–water partition coefficient (Wildman–Crippen LogP) is 4.37. The summed E-state index contributed by atoms with van der Waals surface area (Å²) >= 11 is 6.28. The Bertz CT molecular complexity index is 1360. The molecule has 3 aromatic rings. The Morgan fingerprint density at radius 3 is 2.64 bits per heavy atom. The van der Waals surface area contributed by atoms with Crippen LogP contribution >= 0.6 is 11.6 Å². The topological polar surface area (TPSA) is 112 Å². The summed E-state index contributed by atoms with van der Waals surface area (Å²) in [5.74, 6) is -0.773. The van der Waals surface area contributed by atoms with Crippen molar-refractivity contribution in [2.75, 3.05) is 13.7 Å². The zero-order valence-electron chi connectivity index (χ0n) is 22.3. The molecule has 1 saturated heterocycles. The van der Waals surface area contributed by atoms with Gasteiger partial charge in [0.05, 0.1) is 7.11 Å². The molecule has 1 aliphatic rings. The van der Waals surface area contributed by atoms with E-state index in [-0.39, 0.29) is 28.7 Å². The quantitative estimate of drug-likeness (QED) is 0.281. The fourth-order valence-electron chi connectivity index (χ4n) is 5.03. The molecule has 8 nitrogen and oxygen atoms in total. The van der Waals surface area contributed by atoms with E-state index in [1.807, 2.05) is 32.0 Å². The Morgan fingerprint density at radius 1 is 1.18 bits per heavy atom. The molecule has 4 rings (SSSR count). The van der Waals surface area contributed by atoms with Crippen molar-refractivity contribution in [3.8, 4) is 5.75 Å². The number of hydrogen-bond acceptors (Lipinski definition) is 4. The van der Waals surface area contributed by atoms with E-state index in [1.54, 1.807) is 19.2 Å². The highest BCUT2D eigenvalue weighted by Gasteiger charge is 2.31. The van der Waals surface area contributed by atoms with Crippen LogP contribution in [0.15, 0.2) is 42.5 Å². The molecule has 10 heteroatoms. The number of nitrogens with one attached hydrogen (secondary N) is 4. The van der Waals surface area contributed by atoms with Gasteiger partial charge in [-0.1, -0.05) is 37.6 Å². The van der Waals surface area contributed by atoms with Crippen LogP contribution in [0.1, 0.15) is 49.2 Å². The van der Waals surface area contributed by atoms with Gasteiger partial charge >= 0.3 is 0 Å². The molecule has 3 atom stereocenters. The third kappa shape index (κ3) is 7.09. The zero-order chi connectivity index (χ0) is 28.1. The van der Waals surface area contributed by atoms with Gasteiger partial charge in [0.2, 0.25) is 11.8 Å². The van der Waals surface area contributed by atoms with Gasteiger partial charge in [0.1, 0.15) is 23.3 Å². The van der Waals surface area contributed by atoms with Crippen molar-refractivity contribution in [2.45, 2.75) is 51.6 Å². The van der Waals surface area contributed by atoms with Gasteiger partial charge in [0, 0.05) is 34.4 Å². The third-order valence-corrected chi connectivity index (χ3v) is 7.33. The van der Waals surface area contributed by atoms with E-state index in [1.165, 1.54) is 12.1 Å². The van der Waals surface area contributed by atoms with Crippen LogP contribution in [0.2, 0.25) is 5.02 Å². The van der Waals surface area contributed by atoms with Crippen LogP contribution in [0.5, 0.6) is 5.75 Å². The number of H-pyrrole nitrogens is 1. The smallest absolute Gasteiger partial charge is 0.268 e. The molecular weight excluding hydrogens is 523 g/mol. The van der Waals surface area contributed by atoms with Crippen LogP contribution in [0.4, 0.5) is 4.39 Å². The number of aromatic amines is 1. The van der Waals surface area contributed by atoms with Crippen molar-refractivity contribution in [2.24, 2.45) is 11.8 Å². The first kappa shape index (κ1) is 28.4. The Hall–Kier alpha value is -3.59. The number of carbonyl (C=O) groups excluding carboxylic acids is 3. The molecule has 2 heterocycles. The highest BCUT2D eigenvalue weighted by atomic mass is 35.5. The average molecular weight is 557 g/mol. The van der Waals surface area contributed by atoms with E-state index in [0.29, 0.717) is 49.2 Å². The molecule has 208 valence electrons. The molecule has 39 heavy (non-hydrogen) atoms. The van der Waals surface area contributed by atoms with E-state index in [2.05, 4.69) is 20.9 Å². The maximum atomic E-state index is 13.6. The van der Waals surface area contributed by atoms with Gasteiger partial charge < -0.3 is 25.7 Å². The van der Waals surface area contributed by atoms with Crippen molar-refractivity contribution in [3.05, 3.63) is 64.6 Å². The van der Waals surface area contributed by atoms with Crippen molar-refractivity contribution >= 4 is 40.2 Å².